The second-order valence-electron chi connectivity index (χ2n) is 8.01. The molecule has 0 aromatic heterocycles. The van der Waals surface area contributed by atoms with Crippen LogP contribution in [0.1, 0.15) is 49.3 Å². The summed E-state index contributed by atoms with van der Waals surface area (Å²) < 4.78 is 11.4. The number of aliphatic imine (C=N–C) groups is 1. The minimum absolute atomic E-state index is 0.104. The molecule has 0 radical (unpaired) electrons. The molecule has 2 fully saturated rings. The third-order valence-electron chi connectivity index (χ3n) is 6.24. The third-order valence-corrected chi connectivity index (χ3v) is 6.24. The average Bonchev–Trinajstić information content (AvgIpc) is 3.17. The first-order chi connectivity index (χ1) is 13.2. The van der Waals surface area contributed by atoms with E-state index in [1.807, 2.05) is 7.05 Å². The van der Waals surface area contributed by atoms with Crippen LogP contribution in [0.2, 0.25) is 0 Å². The highest BCUT2D eigenvalue weighted by Gasteiger charge is 2.34. The maximum Gasteiger partial charge on any atom is 0.193 e. The lowest BCUT2D eigenvalue weighted by atomic mass is 9.83. The highest BCUT2D eigenvalue weighted by atomic mass is 16.5. The molecule has 1 saturated heterocycles. The number of guanidine groups is 1. The van der Waals surface area contributed by atoms with Crippen molar-refractivity contribution in [2.24, 2.45) is 10.4 Å². The second kappa shape index (κ2) is 9.56. The Labute approximate surface area is 164 Å². The van der Waals surface area contributed by atoms with Crippen LogP contribution in [0.3, 0.4) is 0 Å². The zero-order chi connectivity index (χ0) is 19.1. The van der Waals surface area contributed by atoms with Crippen LogP contribution < -0.4 is 5.32 Å². The van der Waals surface area contributed by atoms with Gasteiger partial charge in [-0.1, -0.05) is 37.1 Å². The summed E-state index contributed by atoms with van der Waals surface area (Å²) in [4.78, 5) is 6.93. The SMILES string of the molecule is CN=C(NCC1(CCOC)CCCC1)N1CCOC(c2ccccc2C)C1. The number of rotatable bonds is 6. The maximum atomic E-state index is 6.08. The molecule has 1 aliphatic carbocycles. The molecule has 27 heavy (non-hydrogen) atoms. The van der Waals surface area contributed by atoms with E-state index in [-0.39, 0.29) is 6.10 Å². The Morgan fingerprint density at radius 2 is 2.11 bits per heavy atom. The first kappa shape index (κ1) is 20.2. The summed E-state index contributed by atoms with van der Waals surface area (Å²) in [6.07, 6.45) is 6.47. The van der Waals surface area contributed by atoms with Crippen LogP contribution in [-0.2, 0) is 9.47 Å². The molecular formula is C22H35N3O2. The van der Waals surface area contributed by atoms with E-state index in [0.29, 0.717) is 5.41 Å². The van der Waals surface area contributed by atoms with Crippen LogP contribution in [0.25, 0.3) is 0 Å². The van der Waals surface area contributed by atoms with E-state index in [9.17, 15) is 0 Å². The summed E-state index contributed by atoms with van der Waals surface area (Å²) in [7, 11) is 3.69. The van der Waals surface area contributed by atoms with E-state index in [1.165, 1.54) is 36.8 Å². The van der Waals surface area contributed by atoms with Gasteiger partial charge in [-0.2, -0.15) is 0 Å². The molecule has 0 amide bonds. The third kappa shape index (κ3) is 5.02. The lowest BCUT2D eigenvalue weighted by molar-refractivity contribution is -0.00854. The van der Waals surface area contributed by atoms with E-state index in [1.54, 1.807) is 7.11 Å². The van der Waals surface area contributed by atoms with Gasteiger partial charge in [0.15, 0.2) is 5.96 Å². The van der Waals surface area contributed by atoms with E-state index in [2.05, 4.69) is 46.4 Å². The summed E-state index contributed by atoms with van der Waals surface area (Å²) in [6, 6.07) is 8.51. The maximum absolute atomic E-state index is 6.08. The molecule has 1 aromatic rings. The Morgan fingerprint density at radius 1 is 1.33 bits per heavy atom. The fourth-order valence-electron chi connectivity index (χ4n) is 4.54. The lowest BCUT2D eigenvalue weighted by Gasteiger charge is -2.37. The summed E-state index contributed by atoms with van der Waals surface area (Å²) in [6.45, 7) is 6.43. The monoisotopic (exact) mass is 373 g/mol. The van der Waals surface area contributed by atoms with Crippen molar-refractivity contribution in [3.63, 3.8) is 0 Å². The van der Waals surface area contributed by atoms with Gasteiger partial charge in [0.2, 0.25) is 0 Å². The summed E-state index contributed by atoms with van der Waals surface area (Å²) in [5, 5.41) is 3.68. The average molecular weight is 374 g/mol. The van der Waals surface area contributed by atoms with Gasteiger partial charge in [-0.25, -0.2) is 0 Å². The molecule has 1 saturated carbocycles. The number of aryl methyl sites for hydroxylation is 1. The van der Waals surface area contributed by atoms with Crippen LogP contribution in [-0.4, -0.2) is 57.9 Å². The van der Waals surface area contributed by atoms with Crippen molar-refractivity contribution in [1.29, 1.82) is 0 Å². The topological polar surface area (TPSA) is 46.1 Å². The Bertz CT molecular complexity index is 626. The van der Waals surface area contributed by atoms with Gasteiger partial charge in [0, 0.05) is 33.9 Å². The molecule has 2 aliphatic rings. The number of morpholine rings is 1. The smallest absolute Gasteiger partial charge is 0.193 e. The van der Waals surface area contributed by atoms with E-state index >= 15 is 0 Å². The summed E-state index contributed by atoms with van der Waals surface area (Å²) in [5.74, 6) is 1.00. The minimum Gasteiger partial charge on any atom is -0.385 e. The fourth-order valence-corrected chi connectivity index (χ4v) is 4.54. The Kier molecular flexibility index (Phi) is 7.13. The normalized spacial score (nSPS) is 22.9. The molecule has 1 atom stereocenters. The Hall–Kier alpha value is -1.59. The molecule has 0 bridgehead atoms. The molecule has 0 spiro atoms. The molecular weight excluding hydrogens is 338 g/mol. The van der Waals surface area contributed by atoms with Crippen molar-refractivity contribution >= 4 is 5.96 Å². The Morgan fingerprint density at radius 3 is 2.81 bits per heavy atom. The number of benzene rings is 1. The van der Waals surface area contributed by atoms with Gasteiger partial charge in [0.05, 0.1) is 13.2 Å². The predicted molar refractivity (Wildman–Crippen MR) is 110 cm³/mol. The molecule has 1 unspecified atom stereocenters. The van der Waals surface area contributed by atoms with Gasteiger partial charge in [-0.15, -0.1) is 0 Å². The fraction of sp³-hybridized carbons (Fsp3) is 0.682. The molecule has 3 rings (SSSR count). The van der Waals surface area contributed by atoms with Crippen LogP contribution >= 0.6 is 0 Å². The second-order valence-corrected chi connectivity index (χ2v) is 8.01. The van der Waals surface area contributed by atoms with E-state index in [4.69, 9.17) is 9.47 Å². The molecule has 1 N–H and O–H groups in total. The van der Waals surface area contributed by atoms with Gasteiger partial charge < -0.3 is 19.7 Å². The molecule has 1 aromatic carbocycles. The van der Waals surface area contributed by atoms with Gasteiger partial charge >= 0.3 is 0 Å². The molecule has 5 nitrogen and oxygen atoms in total. The van der Waals surface area contributed by atoms with Crippen molar-refractivity contribution in [1.82, 2.24) is 10.2 Å². The summed E-state index contributed by atoms with van der Waals surface area (Å²) in [5.41, 5.74) is 2.93. The number of nitrogens with one attached hydrogen (secondary N) is 1. The number of ether oxygens (including phenoxy) is 2. The molecule has 5 heteroatoms. The largest absolute Gasteiger partial charge is 0.385 e. The van der Waals surface area contributed by atoms with Crippen LogP contribution in [0.5, 0.6) is 0 Å². The molecule has 150 valence electrons. The number of nitrogens with zero attached hydrogens (tertiary/aromatic N) is 2. The van der Waals surface area contributed by atoms with Crippen molar-refractivity contribution in [2.75, 3.05) is 47.0 Å². The Balaban J connectivity index is 1.62. The van der Waals surface area contributed by atoms with Gasteiger partial charge in [-0.05, 0) is 42.7 Å². The highest BCUT2D eigenvalue weighted by molar-refractivity contribution is 5.80. The first-order valence-electron chi connectivity index (χ1n) is 10.3. The van der Waals surface area contributed by atoms with Crippen molar-refractivity contribution in [3.8, 4) is 0 Å². The van der Waals surface area contributed by atoms with E-state index < -0.39 is 0 Å². The first-order valence-corrected chi connectivity index (χ1v) is 10.3. The number of methoxy groups -OCH3 is 1. The van der Waals surface area contributed by atoms with Crippen molar-refractivity contribution in [2.45, 2.75) is 45.1 Å². The molecule has 1 heterocycles. The zero-order valence-electron chi connectivity index (χ0n) is 17.2. The number of hydrogen-bond donors (Lipinski definition) is 1. The van der Waals surface area contributed by atoms with Crippen LogP contribution in [0.15, 0.2) is 29.3 Å². The van der Waals surface area contributed by atoms with Gasteiger partial charge in [-0.3, -0.25) is 4.99 Å². The van der Waals surface area contributed by atoms with Gasteiger partial charge in [0.1, 0.15) is 6.10 Å². The van der Waals surface area contributed by atoms with Crippen molar-refractivity contribution < 1.29 is 9.47 Å². The van der Waals surface area contributed by atoms with Crippen LogP contribution in [0, 0.1) is 12.3 Å². The number of hydrogen-bond acceptors (Lipinski definition) is 3. The van der Waals surface area contributed by atoms with Crippen LogP contribution in [0.4, 0.5) is 0 Å². The summed E-state index contributed by atoms with van der Waals surface area (Å²) >= 11 is 0. The minimum atomic E-state index is 0.104. The lowest BCUT2D eigenvalue weighted by Crippen LogP contribution is -2.50. The zero-order valence-corrected chi connectivity index (χ0v) is 17.2. The van der Waals surface area contributed by atoms with Gasteiger partial charge in [0.25, 0.3) is 0 Å². The standard InChI is InChI=1S/C22H35N3O2/c1-18-8-4-5-9-19(18)20-16-25(13-15-27-20)21(23-2)24-17-22(12-14-26-3)10-6-7-11-22/h4-5,8-9,20H,6-7,10-17H2,1-3H3,(H,23,24). The quantitative estimate of drug-likeness (QED) is 0.612. The van der Waals surface area contributed by atoms with E-state index in [0.717, 1.165) is 45.2 Å². The highest BCUT2D eigenvalue weighted by Crippen LogP contribution is 2.40. The predicted octanol–water partition coefficient (Wildman–Crippen LogP) is 3.54. The van der Waals surface area contributed by atoms with Crippen molar-refractivity contribution in [3.05, 3.63) is 35.4 Å². The molecule has 1 aliphatic heterocycles.